The molecule has 0 aromatic heterocycles. The van der Waals surface area contributed by atoms with Crippen molar-refractivity contribution in [2.45, 2.75) is 18.9 Å². The van der Waals surface area contributed by atoms with Gasteiger partial charge in [0.15, 0.2) is 0 Å². The highest BCUT2D eigenvalue weighted by Gasteiger charge is 2.14. The average molecular weight is 134 g/mol. The zero-order chi connectivity index (χ0) is 5.82. The van der Waals surface area contributed by atoms with Crippen LogP contribution < -0.4 is 0 Å². The quantitative estimate of drug-likeness (QED) is 0.449. The van der Waals surface area contributed by atoms with Gasteiger partial charge in [-0.1, -0.05) is 0 Å². The number of hydrogen-bond donors (Lipinski definition) is 1. The van der Waals surface area contributed by atoms with Gasteiger partial charge in [0, 0.05) is 6.61 Å². The number of rotatable bonds is 2. The molecule has 0 radical (unpaired) electrons. The maximum atomic E-state index is 5.22. The molecule has 0 aromatic carbocycles. The van der Waals surface area contributed by atoms with Crippen molar-refractivity contribution in [3.05, 3.63) is 0 Å². The summed E-state index contributed by atoms with van der Waals surface area (Å²) in [6, 6.07) is 0. The normalized spacial score (nSPS) is 28.9. The highest BCUT2D eigenvalue weighted by Crippen LogP contribution is 2.11. The molecule has 48 valence electrons. The maximum absolute atomic E-state index is 5.22. The van der Waals surface area contributed by atoms with Crippen molar-refractivity contribution in [2.75, 3.05) is 13.2 Å². The molecule has 0 aromatic rings. The third-order valence-corrected chi connectivity index (χ3v) is 1.43. The first kappa shape index (κ1) is 6.39. The van der Waals surface area contributed by atoms with Crippen molar-refractivity contribution in [1.29, 1.82) is 0 Å². The highest BCUT2D eigenvalue weighted by molar-refractivity contribution is 7.75. The van der Waals surface area contributed by atoms with E-state index in [2.05, 4.69) is 17.1 Å². The van der Waals surface area contributed by atoms with Crippen LogP contribution in [0.1, 0.15) is 12.8 Å². The summed E-state index contributed by atoms with van der Waals surface area (Å²) in [5.41, 5.74) is 0. The fourth-order valence-electron chi connectivity index (χ4n) is 0.859. The summed E-state index contributed by atoms with van der Waals surface area (Å²) < 4.78 is 9.81. The summed E-state index contributed by atoms with van der Waals surface area (Å²) >= 11 is 3.62. The van der Waals surface area contributed by atoms with Gasteiger partial charge in [-0.2, -0.15) is 0 Å². The summed E-state index contributed by atoms with van der Waals surface area (Å²) in [4.78, 5) is 0. The SMILES string of the molecule is SOCC1CCCO1. The minimum atomic E-state index is 0.312. The maximum Gasteiger partial charge on any atom is 0.0872 e. The lowest BCUT2D eigenvalue weighted by Gasteiger charge is -2.04. The lowest BCUT2D eigenvalue weighted by atomic mass is 10.2. The Morgan fingerprint density at radius 2 is 2.62 bits per heavy atom. The van der Waals surface area contributed by atoms with E-state index >= 15 is 0 Å². The topological polar surface area (TPSA) is 18.5 Å². The van der Waals surface area contributed by atoms with E-state index in [1.54, 1.807) is 0 Å². The minimum absolute atomic E-state index is 0.312. The van der Waals surface area contributed by atoms with Crippen molar-refractivity contribution in [3.63, 3.8) is 0 Å². The Hall–Kier alpha value is 0.270. The number of thiol groups is 1. The molecule has 0 saturated carbocycles. The molecule has 0 N–H and O–H groups in total. The van der Waals surface area contributed by atoms with Crippen molar-refractivity contribution < 1.29 is 8.92 Å². The Morgan fingerprint density at radius 1 is 1.75 bits per heavy atom. The van der Waals surface area contributed by atoms with Gasteiger partial charge in [0.2, 0.25) is 0 Å². The molecule has 1 aliphatic heterocycles. The molecule has 0 aliphatic carbocycles. The molecular formula is C5H10O2S. The van der Waals surface area contributed by atoms with Gasteiger partial charge in [0.05, 0.1) is 12.7 Å². The van der Waals surface area contributed by atoms with Gasteiger partial charge in [-0.3, -0.25) is 0 Å². The third kappa shape index (κ3) is 1.65. The van der Waals surface area contributed by atoms with Crippen LogP contribution in [0.3, 0.4) is 0 Å². The standard InChI is InChI=1S/C5H10O2S/c8-7-4-5-2-1-3-6-5/h5,8H,1-4H2. The molecule has 1 atom stereocenters. The van der Waals surface area contributed by atoms with E-state index in [-0.39, 0.29) is 0 Å². The van der Waals surface area contributed by atoms with Crippen LogP contribution in [0.15, 0.2) is 0 Å². The summed E-state index contributed by atoms with van der Waals surface area (Å²) in [7, 11) is 0. The molecule has 0 bridgehead atoms. The fraction of sp³-hybridized carbons (Fsp3) is 1.00. The van der Waals surface area contributed by atoms with E-state index in [4.69, 9.17) is 4.74 Å². The largest absolute Gasteiger partial charge is 0.376 e. The molecule has 1 saturated heterocycles. The zero-order valence-corrected chi connectivity index (χ0v) is 5.56. The van der Waals surface area contributed by atoms with Gasteiger partial charge in [-0.15, -0.1) is 0 Å². The summed E-state index contributed by atoms with van der Waals surface area (Å²) in [5.74, 6) is 0. The Balaban J connectivity index is 2.06. The van der Waals surface area contributed by atoms with E-state index in [1.165, 1.54) is 6.42 Å². The Bertz CT molecular complexity index is 61.4. The van der Waals surface area contributed by atoms with E-state index in [9.17, 15) is 0 Å². The van der Waals surface area contributed by atoms with Crippen molar-refractivity contribution in [2.24, 2.45) is 0 Å². The van der Waals surface area contributed by atoms with Crippen molar-refractivity contribution in [1.82, 2.24) is 0 Å². The smallest absolute Gasteiger partial charge is 0.0872 e. The van der Waals surface area contributed by atoms with Crippen molar-refractivity contribution in [3.8, 4) is 0 Å². The molecule has 0 amide bonds. The van der Waals surface area contributed by atoms with Gasteiger partial charge >= 0.3 is 0 Å². The lowest BCUT2D eigenvalue weighted by molar-refractivity contribution is 0.0760. The van der Waals surface area contributed by atoms with Crippen LogP contribution >= 0.6 is 12.9 Å². The molecular weight excluding hydrogens is 124 g/mol. The molecule has 2 nitrogen and oxygen atoms in total. The summed E-state index contributed by atoms with van der Waals surface area (Å²) in [5, 5.41) is 0. The minimum Gasteiger partial charge on any atom is -0.376 e. The second kappa shape index (κ2) is 3.33. The highest BCUT2D eigenvalue weighted by atomic mass is 32.1. The van der Waals surface area contributed by atoms with Gasteiger partial charge in [0.1, 0.15) is 0 Å². The van der Waals surface area contributed by atoms with E-state index in [0.717, 1.165) is 13.0 Å². The number of ether oxygens (including phenoxy) is 1. The first-order valence-electron chi connectivity index (χ1n) is 2.81. The molecule has 1 unspecified atom stereocenters. The van der Waals surface area contributed by atoms with Crippen LogP contribution in [0, 0.1) is 0 Å². The fourth-order valence-corrected chi connectivity index (χ4v) is 1.03. The summed E-state index contributed by atoms with van der Waals surface area (Å²) in [6.45, 7) is 1.52. The monoisotopic (exact) mass is 134 g/mol. The van der Waals surface area contributed by atoms with Crippen molar-refractivity contribution >= 4 is 12.9 Å². The average Bonchev–Trinajstić information content (AvgIpc) is 2.19. The van der Waals surface area contributed by atoms with E-state index in [1.807, 2.05) is 0 Å². The molecule has 1 fully saturated rings. The van der Waals surface area contributed by atoms with Crippen LogP contribution in [-0.4, -0.2) is 19.3 Å². The second-order valence-corrected chi connectivity index (χ2v) is 2.19. The Morgan fingerprint density at radius 3 is 3.12 bits per heavy atom. The number of hydrogen-bond acceptors (Lipinski definition) is 3. The van der Waals surface area contributed by atoms with Crippen LogP contribution in [-0.2, 0) is 8.92 Å². The van der Waals surface area contributed by atoms with Crippen LogP contribution in [0.2, 0.25) is 0 Å². The Kier molecular flexibility index (Phi) is 2.66. The predicted molar refractivity (Wildman–Crippen MR) is 33.9 cm³/mol. The zero-order valence-electron chi connectivity index (χ0n) is 4.67. The molecule has 8 heavy (non-hydrogen) atoms. The summed E-state index contributed by atoms with van der Waals surface area (Å²) in [6.07, 6.45) is 2.61. The third-order valence-electron chi connectivity index (χ3n) is 1.28. The van der Waals surface area contributed by atoms with Gasteiger partial charge in [0.25, 0.3) is 0 Å². The molecule has 3 heteroatoms. The van der Waals surface area contributed by atoms with Gasteiger partial charge in [-0.25, -0.2) is 0 Å². The van der Waals surface area contributed by atoms with Crippen LogP contribution in [0.5, 0.6) is 0 Å². The van der Waals surface area contributed by atoms with Crippen LogP contribution in [0.25, 0.3) is 0 Å². The first-order chi connectivity index (χ1) is 3.93. The first-order valence-corrected chi connectivity index (χ1v) is 3.18. The molecule has 1 aliphatic rings. The van der Waals surface area contributed by atoms with Gasteiger partial charge < -0.3 is 8.92 Å². The van der Waals surface area contributed by atoms with E-state index < -0.39 is 0 Å². The van der Waals surface area contributed by atoms with E-state index in [0.29, 0.717) is 12.7 Å². The Labute approximate surface area is 54.8 Å². The van der Waals surface area contributed by atoms with Gasteiger partial charge in [-0.05, 0) is 25.8 Å². The molecule has 1 heterocycles. The second-order valence-electron chi connectivity index (χ2n) is 1.93. The lowest BCUT2D eigenvalue weighted by Crippen LogP contribution is -2.10. The molecule has 1 rings (SSSR count). The van der Waals surface area contributed by atoms with Crippen LogP contribution in [0.4, 0.5) is 0 Å². The molecule has 0 spiro atoms. The predicted octanol–water partition coefficient (Wildman–Crippen LogP) is 1.03.